The van der Waals surface area contributed by atoms with Crippen molar-refractivity contribution in [2.24, 2.45) is 0 Å². The number of halogens is 4. The number of rotatable bonds is 4. The van der Waals surface area contributed by atoms with Gasteiger partial charge in [-0.15, -0.1) is 0 Å². The van der Waals surface area contributed by atoms with Crippen LogP contribution in [0.25, 0.3) is 0 Å². The van der Waals surface area contributed by atoms with Crippen LogP contribution in [0.4, 0.5) is 24.5 Å². The Bertz CT molecular complexity index is 976. The zero-order valence-electron chi connectivity index (χ0n) is 17.8. The molecule has 2 heterocycles. The highest BCUT2D eigenvalue weighted by molar-refractivity contribution is 6.31. The van der Waals surface area contributed by atoms with Crippen molar-refractivity contribution in [1.82, 2.24) is 4.90 Å². The van der Waals surface area contributed by atoms with Crippen molar-refractivity contribution < 1.29 is 41.8 Å². The van der Waals surface area contributed by atoms with Gasteiger partial charge in [0.05, 0.1) is 37.8 Å². The topological polar surface area (TPSA) is 88.6 Å². The molecule has 0 bridgehead atoms. The molecule has 0 spiro atoms. The molecule has 0 atom stereocenters. The molecule has 1 saturated heterocycles. The molecule has 2 aliphatic rings. The number of piperazine rings is 1. The maximum Gasteiger partial charge on any atom is 0.471 e. The van der Waals surface area contributed by atoms with E-state index in [0.717, 1.165) is 19.1 Å². The van der Waals surface area contributed by atoms with Crippen molar-refractivity contribution in [2.45, 2.75) is 6.18 Å². The molecule has 1 aromatic rings. The molecule has 13 heteroatoms. The van der Waals surface area contributed by atoms with Gasteiger partial charge in [-0.05, 0) is 18.2 Å². The summed E-state index contributed by atoms with van der Waals surface area (Å²) in [5, 5.41) is 0.314. The molecule has 180 valence electrons. The van der Waals surface area contributed by atoms with Crippen molar-refractivity contribution >= 4 is 40.8 Å². The van der Waals surface area contributed by atoms with Gasteiger partial charge in [0, 0.05) is 31.2 Å². The average molecular weight is 492 g/mol. The SMILES string of the molecule is COC(=O)C1=C(C(=O)OC)N(c2cc(Cl)ccc2N2CCN(C(=O)C(F)(F)F)CC2)COC1. The molecular weight excluding hydrogens is 471 g/mol. The minimum atomic E-state index is -4.94. The first-order valence-corrected chi connectivity index (χ1v) is 10.1. The van der Waals surface area contributed by atoms with Crippen LogP contribution in [-0.2, 0) is 28.6 Å². The predicted octanol–water partition coefficient (Wildman–Crippen LogP) is 1.95. The minimum absolute atomic E-state index is 0.0536. The van der Waals surface area contributed by atoms with Crippen LogP contribution in [0.15, 0.2) is 29.5 Å². The van der Waals surface area contributed by atoms with Crippen LogP contribution in [0.1, 0.15) is 0 Å². The summed E-state index contributed by atoms with van der Waals surface area (Å²) in [6.45, 7) is -0.390. The minimum Gasteiger partial charge on any atom is -0.466 e. The fourth-order valence-corrected chi connectivity index (χ4v) is 3.81. The summed E-state index contributed by atoms with van der Waals surface area (Å²) in [7, 11) is 2.32. The van der Waals surface area contributed by atoms with E-state index < -0.39 is 24.0 Å². The maximum absolute atomic E-state index is 12.8. The van der Waals surface area contributed by atoms with Crippen molar-refractivity contribution in [3.8, 4) is 0 Å². The molecule has 0 aliphatic carbocycles. The van der Waals surface area contributed by atoms with E-state index in [9.17, 15) is 27.6 Å². The highest BCUT2D eigenvalue weighted by Gasteiger charge is 2.43. The molecule has 3 rings (SSSR count). The van der Waals surface area contributed by atoms with Crippen LogP contribution >= 0.6 is 11.6 Å². The molecule has 0 saturated carbocycles. The zero-order valence-corrected chi connectivity index (χ0v) is 18.5. The second-order valence-electron chi connectivity index (χ2n) is 7.13. The summed E-state index contributed by atoms with van der Waals surface area (Å²) in [4.78, 5) is 40.3. The number of amides is 1. The zero-order chi connectivity index (χ0) is 24.3. The first kappa shape index (κ1) is 24.6. The van der Waals surface area contributed by atoms with Crippen LogP contribution in [-0.4, -0.2) is 82.7 Å². The van der Waals surface area contributed by atoms with Crippen molar-refractivity contribution in [3.63, 3.8) is 0 Å². The van der Waals surface area contributed by atoms with E-state index in [1.54, 1.807) is 17.0 Å². The molecule has 2 aliphatic heterocycles. The molecular formula is C20H21ClF3N3O6. The largest absolute Gasteiger partial charge is 0.471 e. The van der Waals surface area contributed by atoms with E-state index >= 15 is 0 Å². The van der Waals surface area contributed by atoms with Crippen molar-refractivity contribution in [3.05, 3.63) is 34.5 Å². The Morgan fingerprint density at radius 3 is 2.21 bits per heavy atom. The molecule has 33 heavy (non-hydrogen) atoms. The predicted molar refractivity (Wildman–Crippen MR) is 111 cm³/mol. The molecule has 0 aromatic heterocycles. The molecule has 9 nitrogen and oxygen atoms in total. The van der Waals surface area contributed by atoms with Gasteiger partial charge in [0.1, 0.15) is 12.4 Å². The number of ether oxygens (including phenoxy) is 3. The Morgan fingerprint density at radius 1 is 1.00 bits per heavy atom. The number of hydrogen-bond acceptors (Lipinski definition) is 8. The second kappa shape index (κ2) is 9.87. The average Bonchev–Trinajstić information content (AvgIpc) is 2.81. The maximum atomic E-state index is 12.8. The monoisotopic (exact) mass is 491 g/mol. The summed E-state index contributed by atoms with van der Waals surface area (Å²) < 4.78 is 53.4. The fourth-order valence-electron chi connectivity index (χ4n) is 3.64. The van der Waals surface area contributed by atoms with E-state index in [4.69, 9.17) is 25.8 Å². The number of carbonyl (C=O) groups is 3. The molecule has 0 N–H and O–H groups in total. The number of carbonyl (C=O) groups excluding carboxylic acids is 3. The van der Waals surface area contributed by atoms with Gasteiger partial charge in [-0.3, -0.25) is 4.79 Å². The molecule has 1 aromatic carbocycles. The van der Waals surface area contributed by atoms with Crippen molar-refractivity contribution in [1.29, 1.82) is 0 Å². The Kier molecular flexibility index (Phi) is 7.38. The number of hydrogen-bond donors (Lipinski definition) is 0. The number of nitrogens with zero attached hydrogens (tertiary/aromatic N) is 3. The van der Waals surface area contributed by atoms with E-state index in [1.807, 2.05) is 0 Å². The number of anilines is 2. The second-order valence-corrected chi connectivity index (χ2v) is 7.56. The Balaban J connectivity index is 1.97. The number of alkyl halides is 3. The van der Waals surface area contributed by atoms with Crippen LogP contribution in [0.3, 0.4) is 0 Å². The fraction of sp³-hybridized carbons (Fsp3) is 0.450. The standard InChI is InChI=1S/C20H21ClF3N3O6/c1-31-17(28)13-10-33-11-27(16(13)18(29)32-2)15-9-12(21)3-4-14(15)25-5-7-26(8-6-25)19(30)20(22,23)24/h3-4,9H,5-8,10-11H2,1-2H3. The van der Waals surface area contributed by atoms with Crippen LogP contribution in [0, 0.1) is 0 Å². The third-order valence-corrected chi connectivity index (χ3v) is 5.45. The van der Waals surface area contributed by atoms with Crippen molar-refractivity contribution in [2.75, 3.05) is 63.5 Å². The van der Waals surface area contributed by atoms with Gasteiger partial charge in [0.2, 0.25) is 0 Å². The third kappa shape index (κ3) is 5.17. The van der Waals surface area contributed by atoms with Crippen LogP contribution < -0.4 is 9.80 Å². The van der Waals surface area contributed by atoms with Gasteiger partial charge >= 0.3 is 24.0 Å². The Hall–Kier alpha value is -2.99. The summed E-state index contributed by atoms with van der Waals surface area (Å²) >= 11 is 6.19. The lowest BCUT2D eigenvalue weighted by atomic mass is 10.1. The van der Waals surface area contributed by atoms with Gasteiger partial charge in [-0.25, -0.2) is 9.59 Å². The number of methoxy groups -OCH3 is 2. The van der Waals surface area contributed by atoms with Gasteiger partial charge in [0.25, 0.3) is 0 Å². The highest BCUT2D eigenvalue weighted by Crippen LogP contribution is 2.37. The lowest BCUT2D eigenvalue weighted by Crippen LogP contribution is -2.52. The van der Waals surface area contributed by atoms with Crippen LogP contribution in [0.5, 0.6) is 0 Å². The Morgan fingerprint density at radius 2 is 1.64 bits per heavy atom. The summed E-state index contributed by atoms with van der Waals surface area (Å²) in [5.74, 6) is -3.46. The van der Waals surface area contributed by atoms with E-state index in [2.05, 4.69) is 0 Å². The highest BCUT2D eigenvalue weighted by atomic mass is 35.5. The van der Waals surface area contributed by atoms with Gasteiger partial charge in [0.15, 0.2) is 0 Å². The van der Waals surface area contributed by atoms with Gasteiger partial charge < -0.3 is 28.9 Å². The summed E-state index contributed by atoms with van der Waals surface area (Å²) in [6.07, 6.45) is -4.94. The van der Waals surface area contributed by atoms with Crippen LogP contribution in [0.2, 0.25) is 5.02 Å². The summed E-state index contributed by atoms with van der Waals surface area (Å²) in [5.41, 5.74) is 0.751. The van der Waals surface area contributed by atoms with E-state index in [0.29, 0.717) is 16.4 Å². The van der Waals surface area contributed by atoms with E-state index in [1.165, 1.54) is 11.0 Å². The first-order chi connectivity index (χ1) is 15.6. The molecule has 0 radical (unpaired) electrons. The third-order valence-electron chi connectivity index (χ3n) is 5.21. The van der Waals surface area contributed by atoms with Gasteiger partial charge in [-0.1, -0.05) is 11.6 Å². The lowest BCUT2D eigenvalue weighted by Gasteiger charge is -2.39. The van der Waals surface area contributed by atoms with Gasteiger partial charge in [-0.2, -0.15) is 13.2 Å². The van der Waals surface area contributed by atoms with E-state index in [-0.39, 0.29) is 50.8 Å². The molecule has 1 amide bonds. The normalized spacial score (nSPS) is 17.2. The number of benzene rings is 1. The summed E-state index contributed by atoms with van der Waals surface area (Å²) in [6, 6.07) is 4.76. The smallest absolute Gasteiger partial charge is 0.466 e. The number of esters is 2. The molecule has 0 unspecified atom stereocenters. The quantitative estimate of drug-likeness (QED) is 0.591. The lowest BCUT2D eigenvalue weighted by molar-refractivity contribution is -0.185. The Labute approximate surface area is 192 Å². The first-order valence-electron chi connectivity index (χ1n) is 9.74. The molecule has 1 fully saturated rings.